The molecule has 0 aliphatic carbocycles. The molecule has 0 amide bonds. The third-order valence-electron chi connectivity index (χ3n) is 6.22. The van der Waals surface area contributed by atoms with Crippen molar-refractivity contribution in [2.24, 2.45) is 5.10 Å². The number of ether oxygens (including phenoxy) is 3. The summed E-state index contributed by atoms with van der Waals surface area (Å²) in [6, 6.07) is 18.3. The molecule has 1 atom stereocenters. The first kappa shape index (κ1) is 26.6. The molecule has 0 bridgehead atoms. The number of carbonyl (C=O) groups excluding carboxylic acids is 1. The Bertz CT molecular complexity index is 1570. The van der Waals surface area contributed by atoms with E-state index in [1.807, 2.05) is 37.3 Å². The first-order valence-electron chi connectivity index (χ1n) is 12.3. The van der Waals surface area contributed by atoms with Gasteiger partial charge in [0.25, 0.3) is 5.56 Å². The lowest BCUT2D eigenvalue weighted by atomic mass is 9.96. The zero-order valence-corrected chi connectivity index (χ0v) is 22.4. The Morgan fingerprint density at radius 1 is 1.03 bits per heavy atom. The second-order valence-corrected chi connectivity index (χ2v) is 9.23. The molecule has 8 heteroatoms. The number of benzene rings is 3. The van der Waals surface area contributed by atoms with Crippen molar-refractivity contribution in [1.29, 1.82) is 0 Å². The number of methoxy groups -OCH3 is 2. The molecule has 4 rings (SSSR count). The van der Waals surface area contributed by atoms with Crippen molar-refractivity contribution in [3.63, 3.8) is 0 Å². The maximum absolute atomic E-state index is 13.6. The minimum Gasteiger partial charge on any atom is -0.496 e. The third kappa shape index (κ3) is 5.44. The van der Waals surface area contributed by atoms with Crippen LogP contribution < -0.4 is 15.0 Å². The van der Waals surface area contributed by atoms with Gasteiger partial charge >= 0.3 is 5.97 Å². The Labute approximate surface area is 221 Å². The first-order valence-corrected chi connectivity index (χ1v) is 12.3. The van der Waals surface area contributed by atoms with E-state index in [1.54, 1.807) is 50.6 Å². The molecule has 0 aliphatic rings. The van der Waals surface area contributed by atoms with Crippen LogP contribution in [0.2, 0.25) is 0 Å². The van der Waals surface area contributed by atoms with Crippen molar-refractivity contribution in [2.75, 3.05) is 14.2 Å². The van der Waals surface area contributed by atoms with Crippen molar-refractivity contribution in [2.45, 2.75) is 39.7 Å². The van der Waals surface area contributed by atoms with Gasteiger partial charge in [0, 0.05) is 5.56 Å². The van der Waals surface area contributed by atoms with E-state index in [0.29, 0.717) is 28.0 Å². The van der Waals surface area contributed by atoms with Gasteiger partial charge in [0.2, 0.25) is 0 Å². The highest BCUT2D eigenvalue weighted by atomic mass is 16.6. The molecule has 0 saturated heterocycles. The second-order valence-electron chi connectivity index (χ2n) is 9.23. The average Bonchev–Trinajstić information content (AvgIpc) is 2.91. The van der Waals surface area contributed by atoms with Crippen molar-refractivity contribution in [1.82, 2.24) is 9.66 Å². The first-order chi connectivity index (χ1) is 18.2. The van der Waals surface area contributed by atoms with Crippen molar-refractivity contribution >= 4 is 23.1 Å². The molecule has 3 aromatic carbocycles. The van der Waals surface area contributed by atoms with Crippen molar-refractivity contribution in [3.05, 3.63) is 87.7 Å². The minimum atomic E-state index is -0.765. The van der Waals surface area contributed by atoms with E-state index in [2.05, 4.69) is 18.9 Å². The summed E-state index contributed by atoms with van der Waals surface area (Å²) < 4.78 is 17.3. The van der Waals surface area contributed by atoms with E-state index in [9.17, 15) is 9.59 Å². The fourth-order valence-electron chi connectivity index (χ4n) is 4.18. The number of nitrogens with zero attached hydrogens (tertiary/aromatic N) is 3. The summed E-state index contributed by atoms with van der Waals surface area (Å²) in [5.74, 6) is 1.42. The molecule has 0 fully saturated rings. The Morgan fingerprint density at radius 3 is 2.50 bits per heavy atom. The van der Waals surface area contributed by atoms with E-state index in [4.69, 9.17) is 19.2 Å². The zero-order chi connectivity index (χ0) is 27.4. The predicted molar refractivity (Wildman–Crippen MR) is 148 cm³/mol. The van der Waals surface area contributed by atoms with Gasteiger partial charge in [-0.1, -0.05) is 38.1 Å². The molecule has 0 spiro atoms. The molecule has 0 N–H and O–H groups in total. The number of aromatic nitrogens is 2. The van der Waals surface area contributed by atoms with Crippen LogP contribution in [0.3, 0.4) is 0 Å². The number of aryl methyl sites for hydroxylation is 1. The van der Waals surface area contributed by atoms with Gasteiger partial charge in [0.1, 0.15) is 11.5 Å². The van der Waals surface area contributed by atoms with Gasteiger partial charge in [-0.2, -0.15) is 9.78 Å². The Hall–Kier alpha value is -4.46. The van der Waals surface area contributed by atoms with Crippen LogP contribution >= 0.6 is 0 Å². The average molecular weight is 514 g/mol. The van der Waals surface area contributed by atoms with Gasteiger partial charge in [-0.15, -0.1) is 0 Å². The molecule has 0 saturated carbocycles. The summed E-state index contributed by atoms with van der Waals surface area (Å²) in [4.78, 5) is 30.2. The fourth-order valence-corrected chi connectivity index (χ4v) is 4.18. The van der Waals surface area contributed by atoms with Gasteiger partial charge in [0.05, 0.1) is 31.3 Å². The molecule has 0 radical (unpaired) electrons. The fraction of sp³-hybridized carbons (Fsp3) is 0.267. The molecule has 0 aliphatic heterocycles. The number of fused-ring (bicyclic) bond motifs is 1. The number of hydrogen-bond donors (Lipinski definition) is 0. The normalized spacial score (nSPS) is 12.2. The number of para-hydroxylation sites is 1. The molecule has 1 aromatic heterocycles. The molecule has 0 unspecified atom stereocenters. The maximum Gasteiger partial charge on any atom is 0.346 e. The quantitative estimate of drug-likeness (QED) is 0.234. The second kappa shape index (κ2) is 11.3. The summed E-state index contributed by atoms with van der Waals surface area (Å²) in [6.07, 6.45) is 0.804. The van der Waals surface area contributed by atoms with Gasteiger partial charge in [-0.05, 0) is 72.9 Å². The topological polar surface area (TPSA) is 92.0 Å². The molecule has 196 valence electrons. The summed E-state index contributed by atoms with van der Waals surface area (Å²) >= 11 is 0. The monoisotopic (exact) mass is 513 g/mol. The standard InChI is InChI=1S/C30H31N3O5/c1-18(2)24-16-25(19(3)14-27(24)36-5)28-32-26-13-8-7-12-23(26)29(34)33(28)31-17-21-10-9-11-22(15-21)38-20(4)30(35)37-6/h7-18,20H,1-6H3/t20-/m1/s1. The molecular formula is C30H31N3O5. The lowest BCUT2D eigenvalue weighted by molar-refractivity contribution is -0.147. The summed E-state index contributed by atoms with van der Waals surface area (Å²) in [5.41, 5.74) is 3.70. The van der Waals surface area contributed by atoms with E-state index >= 15 is 0 Å². The number of rotatable bonds is 8. The van der Waals surface area contributed by atoms with Gasteiger partial charge in [-0.25, -0.2) is 9.78 Å². The maximum atomic E-state index is 13.6. The van der Waals surface area contributed by atoms with Crippen LogP contribution in [0.25, 0.3) is 22.3 Å². The summed E-state index contributed by atoms with van der Waals surface area (Å²) in [5, 5.41) is 5.04. The van der Waals surface area contributed by atoms with Crippen LogP contribution in [-0.2, 0) is 9.53 Å². The van der Waals surface area contributed by atoms with Gasteiger partial charge in [0.15, 0.2) is 11.9 Å². The predicted octanol–water partition coefficient (Wildman–Crippen LogP) is 5.33. The van der Waals surface area contributed by atoms with Gasteiger partial charge < -0.3 is 14.2 Å². The highest BCUT2D eigenvalue weighted by Crippen LogP contribution is 2.34. The van der Waals surface area contributed by atoms with Crippen LogP contribution in [0.4, 0.5) is 0 Å². The lowest BCUT2D eigenvalue weighted by Crippen LogP contribution is -2.24. The SMILES string of the molecule is COC(=O)[C@@H](C)Oc1cccc(C=Nn2c(-c3cc(C(C)C)c(OC)cc3C)nc3ccccc3c2=O)c1. The zero-order valence-electron chi connectivity index (χ0n) is 22.4. The van der Waals surface area contributed by atoms with Crippen LogP contribution in [0, 0.1) is 6.92 Å². The van der Waals surface area contributed by atoms with Crippen molar-refractivity contribution in [3.8, 4) is 22.9 Å². The Morgan fingerprint density at radius 2 is 1.79 bits per heavy atom. The molecule has 1 heterocycles. The number of esters is 1. The Balaban J connectivity index is 1.85. The number of hydrogen-bond acceptors (Lipinski definition) is 7. The Kier molecular flexibility index (Phi) is 7.90. The molecular weight excluding hydrogens is 482 g/mol. The highest BCUT2D eigenvalue weighted by Gasteiger charge is 2.18. The van der Waals surface area contributed by atoms with Crippen LogP contribution in [0.1, 0.15) is 43.4 Å². The molecule has 38 heavy (non-hydrogen) atoms. The molecule has 4 aromatic rings. The van der Waals surface area contributed by atoms with E-state index in [-0.39, 0.29) is 11.5 Å². The van der Waals surface area contributed by atoms with E-state index in [0.717, 1.165) is 22.4 Å². The van der Waals surface area contributed by atoms with E-state index in [1.165, 1.54) is 11.8 Å². The number of carbonyl (C=O) groups is 1. The molecule has 8 nitrogen and oxygen atoms in total. The largest absolute Gasteiger partial charge is 0.496 e. The lowest BCUT2D eigenvalue weighted by Gasteiger charge is -2.17. The summed E-state index contributed by atoms with van der Waals surface area (Å²) in [6.45, 7) is 7.75. The smallest absolute Gasteiger partial charge is 0.346 e. The van der Waals surface area contributed by atoms with Gasteiger partial charge in [-0.3, -0.25) is 4.79 Å². The third-order valence-corrected chi connectivity index (χ3v) is 6.22. The minimum absolute atomic E-state index is 0.198. The van der Waals surface area contributed by atoms with Crippen LogP contribution in [0.5, 0.6) is 11.5 Å². The van der Waals surface area contributed by atoms with Crippen LogP contribution in [0.15, 0.2) is 70.6 Å². The van der Waals surface area contributed by atoms with Crippen molar-refractivity contribution < 1.29 is 19.0 Å². The van der Waals surface area contributed by atoms with Crippen LogP contribution in [-0.4, -0.2) is 42.2 Å². The van der Waals surface area contributed by atoms with E-state index < -0.39 is 12.1 Å². The highest BCUT2D eigenvalue weighted by molar-refractivity contribution is 5.83. The summed E-state index contributed by atoms with van der Waals surface area (Å²) in [7, 11) is 2.96.